The molecular formula is C17H22N6O2. The first-order valence-corrected chi connectivity index (χ1v) is 8.10. The number of hydrogen-bond donors (Lipinski definition) is 0. The molecule has 0 saturated heterocycles. The zero-order valence-electron chi connectivity index (χ0n) is 15.1. The van der Waals surface area contributed by atoms with Crippen LogP contribution in [0, 0.1) is 0 Å². The second-order valence-electron chi connectivity index (χ2n) is 6.30. The van der Waals surface area contributed by atoms with Gasteiger partial charge in [0.25, 0.3) is 5.91 Å². The molecular weight excluding hydrogens is 320 g/mol. The maximum Gasteiger partial charge on any atom is 0.276 e. The topological polar surface area (TPSA) is 75.9 Å². The Hall–Kier alpha value is -2.90. The second-order valence-corrected chi connectivity index (χ2v) is 6.30. The number of pyridine rings is 1. The van der Waals surface area contributed by atoms with Gasteiger partial charge in [-0.3, -0.25) is 9.78 Å². The lowest BCUT2D eigenvalue weighted by molar-refractivity contribution is -0.0593. The molecule has 0 spiro atoms. The molecule has 0 saturated carbocycles. The summed E-state index contributed by atoms with van der Waals surface area (Å²) in [6.07, 6.45) is 4.92. The van der Waals surface area contributed by atoms with Gasteiger partial charge >= 0.3 is 0 Å². The SMILES string of the molecule is CCN(C(=O)c1cnc(C2=NOC(C)(C)N2C)n1C)c1cccnc1. The molecule has 3 rings (SSSR count). The average molecular weight is 342 g/mol. The highest BCUT2D eigenvalue weighted by Crippen LogP contribution is 2.25. The molecule has 3 heterocycles. The Labute approximate surface area is 146 Å². The fraction of sp³-hybridized carbons (Fsp3) is 0.412. The summed E-state index contributed by atoms with van der Waals surface area (Å²) < 4.78 is 1.74. The summed E-state index contributed by atoms with van der Waals surface area (Å²) >= 11 is 0. The molecule has 8 nitrogen and oxygen atoms in total. The fourth-order valence-corrected chi connectivity index (χ4v) is 2.63. The van der Waals surface area contributed by atoms with E-state index in [4.69, 9.17) is 4.84 Å². The molecule has 1 aliphatic heterocycles. The highest BCUT2D eigenvalue weighted by atomic mass is 16.7. The summed E-state index contributed by atoms with van der Waals surface area (Å²) in [6.45, 7) is 6.29. The molecule has 0 N–H and O–H groups in total. The van der Waals surface area contributed by atoms with Crippen LogP contribution in [0.2, 0.25) is 0 Å². The van der Waals surface area contributed by atoms with E-state index in [-0.39, 0.29) is 5.91 Å². The number of aromatic nitrogens is 3. The van der Waals surface area contributed by atoms with E-state index in [9.17, 15) is 4.79 Å². The maximum atomic E-state index is 13.0. The van der Waals surface area contributed by atoms with E-state index in [1.807, 2.05) is 44.9 Å². The summed E-state index contributed by atoms with van der Waals surface area (Å²) in [6, 6.07) is 3.67. The number of anilines is 1. The van der Waals surface area contributed by atoms with Crippen molar-refractivity contribution in [1.82, 2.24) is 19.4 Å². The van der Waals surface area contributed by atoms with Gasteiger partial charge in [-0.05, 0) is 32.9 Å². The normalized spacial score (nSPS) is 15.7. The van der Waals surface area contributed by atoms with Crippen molar-refractivity contribution in [3.05, 3.63) is 42.2 Å². The Morgan fingerprint density at radius 3 is 2.64 bits per heavy atom. The highest BCUT2D eigenvalue weighted by Gasteiger charge is 2.37. The van der Waals surface area contributed by atoms with Gasteiger partial charge in [-0.15, -0.1) is 0 Å². The van der Waals surface area contributed by atoms with E-state index in [2.05, 4.69) is 15.1 Å². The molecule has 0 radical (unpaired) electrons. The van der Waals surface area contributed by atoms with Crippen LogP contribution < -0.4 is 4.90 Å². The van der Waals surface area contributed by atoms with Crippen molar-refractivity contribution in [2.24, 2.45) is 12.2 Å². The van der Waals surface area contributed by atoms with Crippen molar-refractivity contribution < 1.29 is 9.63 Å². The Morgan fingerprint density at radius 1 is 1.32 bits per heavy atom. The summed E-state index contributed by atoms with van der Waals surface area (Å²) in [7, 11) is 3.68. The van der Waals surface area contributed by atoms with Gasteiger partial charge in [0, 0.05) is 26.8 Å². The van der Waals surface area contributed by atoms with Crippen LogP contribution in [0.3, 0.4) is 0 Å². The van der Waals surface area contributed by atoms with Crippen LogP contribution in [0.15, 0.2) is 35.9 Å². The Balaban J connectivity index is 1.92. The van der Waals surface area contributed by atoms with E-state index < -0.39 is 5.72 Å². The number of amides is 1. The number of imidazole rings is 1. The third-order valence-electron chi connectivity index (χ3n) is 4.41. The fourth-order valence-electron chi connectivity index (χ4n) is 2.63. The quantitative estimate of drug-likeness (QED) is 0.847. The van der Waals surface area contributed by atoms with Crippen LogP contribution >= 0.6 is 0 Å². The molecule has 0 aliphatic carbocycles. The van der Waals surface area contributed by atoms with Crippen molar-refractivity contribution in [2.45, 2.75) is 26.5 Å². The minimum atomic E-state index is -0.545. The van der Waals surface area contributed by atoms with Gasteiger partial charge < -0.3 is 19.2 Å². The van der Waals surface area contributed by atoms with Crippen LogP contribution in [-0.4, -0.2) is 50.5 Å². The standard InChI is InChI=1S/C17H22N6O2/c1-6-23(12-8-7-9-18-10-12)16(24)13-11-19-14(21(13)4)15-20-25-17(2,3)22(15)5/h7-11H,6H2,1-5H3. The lowest BCUT2D eigenvalue weighted by Crippen LogP contribution is -2.41. The predicted molar refractivity (Wildman–Crippen MR) is 94.3 cm³/mol. The minimum absolute atomic E-state index is 0.141. The Kier molecular flexibility index (Phi) is 4.20. The highest BCUT2D eigenvalue weighted by molar-refractivity contribution is 6.06. The van der Waals surface area contributed by atoms with E-state index >= 15 is 0 Å². The largest absolute Gasteiger partial charge is 0.366 e. The average Bonchev–Trinajstić information content (AvgIpc) is 3.09. The molecule has 2 aromatic heterocycles. The first-order valence-electron chi connectivity index (χ1n) is 8.10. The molecule has 1 aliphatic rings. The molecule has 132 valence electrons. The lowest BCUT2D eigenvalue weighted by atomic mass is 10.2. The third-order valence-corrected chi connectivity index (χ3v) is 4.41. The van der Waals surface area contributed by atoms with Crippen LogP contribution in [0.5, 0.6) is 0 Å². The van der Waals surface area contributed by atoms with Gasteiger partial charge in [-0.1, -0.05) is 5.16 Å². The molecule has 0 bridgehead atoms. The van der Waals surface area contributed by atoms with E-state index in [1.165, 1.54) is 0 Å². The molecule has 8 heteroatoms. The van der Waals surface area contributed by atoms with E-state index in [0.29, 0.717) is 23.9 Å². The zero-order chi connectivity index (χ0) is 18.2. The van der Waals surface area contributed by atoms with Crippen molar-refractivity contribution in [3.63, 3.8) is 0 Å². The van der Waals surface area contributed by atoms with Gasteiger partial charge in [0.15, 0.2) is 5.82 Å². The van der Waals surface area contributed by atoms with Crippen LogP contribution in [0.1, 0.15) is 37.1 Å². The zero-order valence-corrected chi connectivity index (χ0v) is 15.1. The van der Waals surface area contributed by atoms with Crippen LogP contribution in [0.4, 0.5) is 5.69 Å². The smallest absolute Gasteiger partial charge is 0.276 e. The van der Waals surface area contributed by atoms with Gasteiger partial charge in [0.05, 0.1) is 18.1 Å². The first-order chi connectivity index (χ1) is 11.9. The molecule has 2 aromatic rings. The lowest BCUT2D eigenvalue weighted by Gasteiger charge is -2.26. The number of oxime groups is 1. The van der Waals surface area contributed by atoms with Crippen molar-refractivity contribution in [3.8, 4) is 0 Å². The summed E-state index contributed by atoms with van der Waals surface area (Å²) in [5, 5.41) is 4.12. The van der Waals surface area contributed by atoms with E-state index in [0.717, 1.165) is 5.69 Å². The number of carbonyl (C=O) groups excluding carboxylic acids is 1. The number of carbonyl (C=O) groups is 1. The van der Waals surface area contributed by atoms with Crippen molar-refractivity contribution in [2.75, 3.05) is 18.5 Å². The Bertz CT molecular complexity index is 812. The molecule has 0 fully saturated rings. The van der Waals surface area contributed by atoms with Gasteiger partial charge in [0.2, 0.25) is 11.6 Å². The molecule has 0 atom stereocenters. The third kappa shape index (κ3) is 2.84. The maximum absolute atomic E-state index is 13.0. The number of nitrogens with zero attached hydrogens (tertiary/aromatic N) is 6. The van der Waals surface area contributed by atoms with Gasteiger partial charge in [0.1, 0.15) is 5.69 Å². The van der Waals surface area contributed by atoms with Crippen molar-refractivity contribution >= 4 is 17.4 Å². The molecule has 1 amide bonds. The summed E-state index contributed by atoms with van der Waals surface area (Å²) in [5.41, 5.74) is 0.676. The second kappa shape index (κ2) is 6.19. The first kappa shape index (κ1) is 16.9. The monoisotopic (exact) mass is 342 g/mol. The predicted octanol–water partition coefficient (Wildman–Crippen LogP) is 1.84. The van der Waals surface area contributed by atoms with Crippen molar-refractivity contribution in [1.29, 1.82) is 0 Å². The van der Waals surface area contributed by atoms with Gasteiger partial charge in [-0.2, -0.15) is 0 Å². The molecule has 0 unspecified atom stereocenters. The number of amidine groups is 1. The molecule has 25 heavy (non-hydrogen) atoms. The van der Waals surface area contributed by atoms with Gasteiger partial charge in [-0.25, -0.2) is 4.98 Å². The minimum Gasteiger partial charge on any atom is -0.366 e. The number of hydrogen-bond acceptors (Lipinski definition) is 6. The van der Waals surface area contributed by atoms with E-state index in [1.54, 1.807) is 35.1 Å². The summed E-state index contributed by atoms with van der Waals surface area (Å²) in [5.74, 6) is 1.04. The number of rotatable bonds is 4. The van der Waals surface area contributed by atoms with Crippen LogP contribution in [-0.2, 0) is 11.9 Å². The Morgan fingerprint density at radius 2 is 2.08 bits per heavy atom. The molecule has 0 aromatic carbocycles. The van der Waals surface area contributed by atoms with Crippen LogP contribution in [0.25, 0.3) is 0 Å². The summed E-state index contributed by atoms with van der Waals surface area (Å²) in [4.78, 5) is 30.5.